The summed E-state index contributed by atoms with van der Waals surface area (Å²) in [6, 6.07) is 5.75. The van der Waals surface area contributed by atoms with Gasteiger partial charge < -0.3 is 10.1 Å². The van der Waals surface area contributed by atoms with Crippen LogP contribution in [-0.2, 0) is 4.74 Å². The summed E-state index contributed by atoms with van der Waals surface area (Å²) in [4.78, 5) is 12.7. The van der Waals surface area contributed by atoms with E-state index in [-0.39, 0.29) is 5.97 Å². The number of hydrogen-bond donors (Lipinski definition) is 1. The second-order valence-corrected chi connectivity index (χ2v) is 5.86. The fraction of sp³-hybridized carbons (Fsp3) is 0.462. The van der Waals surface area contributed by atoms with Crippen molar-refractivity contribution in [1.82, 2.24) is 0 Å². The van der Waals surface area contributed by atoms with Crippen LogP contribution in [0.3, 0.4) is 0 Å². The first kappa shape index (κ1) is 11.0. The van der Waals surface area contributed by atoms with Crippen molar-refractivity contribution < 1.29 is 9.53 Å². The molecule has 4 heteroatoms. The van der Waals surface area contributed by atoms with Crippen LogP contribution in [-0.4, -0.2) is 25.4 Å². The second-order valence-electron chi connectivity index (χ2n) is 4.84. The molecule has 17 heavy (non-hydrogen) atoms. The van der Waals surface area contributed by atoms with Gasteiger partial charge in [-0.1, -0.05) is 0 Å². The largest absolute Gasteiger partial charge is 0.465 e. The third kappa shape index (κ3) is 2.02. The maximum atomic E-state index is 11.5. The van der Waals surface area contributed by atoms with Gasteiger partial charge in [0, 0.05) is 22.9 Å². The van der Waals surface area contributed by atoms with Gasteiger partial charge in [-0.05, 0) is 36.5 Å². The highest BCUT2D eigenvalue weighted by Gasteiger charge is 2.43. The third-order valence-corrected chi connectivity index (χ3v) is 4.97. The molecule has 2 aliphatic rings. The number of esters is 1. The van der Waals surface area contributed by atoms with Crippen molar-refractivity contribution in [2.75, 3.05) is 24.7 Å². The van der Waals surface area contributed by atoms with Gasteiger partial charge in [0.15, 0.2) is 0 Å². The minimum Gasteiger partial charge on any atom is -0.465 e. The smallest absolute Gasteiger partial charge is 0.337 e. The normalized spacial score (nSPS) is 20.1. The van der Waals surface area contributed by atoms with Crippen LogP contribution in [0, 0.1) is 5.41 Å². The molecule has 0 atom stereocenters. The Labute approximate surface area is 105 Å². The van der Waals surface area contributed by atoms with E-state index >= 15 is 0 Å². The summed E-state index contributed by atoms with van der Waals surface area (Å²) in [6.45, 7) is 1.03. The molecule has 0 saturated heterocycles. The first-order chi connectivity index (χ1) is 8.22. The second kappa shape index (κ2) is 3.95. The van der Waals surface area contributed by atoms with E-state index in [4.69, 9.17) is 4.74 Å². The number of thioether (sulfide) groups is 1. The van der Waals surface area contributed by atoms with Crippen molar-refractivity contribution in [1.29, 1.82) is 0 Å². The maximum Gasteiger partial charge on any atom is 0.337 e. The zero-order chi connectivity index (χ0) is 11.9. The molecule has 90 valence electrons. The number of benzene rings is 1. The Balaban J connectivity index is 1.88. The van der Waals surface area contributed by atoms with Crippen LogP contribution in [0.5, 0.6) is 0 Å². The molecule has 0 amide bonds. The summed E-state index contributed by atoms with van der Waals surface area (Å²) in [5.41, 5.74) is 2.20. The summed E-state index contributed by atoms with van der Waals surface area (Å²) in [5, 5.41) is 3.47. The van der Waals surface area contributed by atoms with Crippen molar-refractivity contribution >= 4 is 23.4 Å². The lowest BCUT2D eigenvalue weighted by molar-refractivity contribution is 0.0600. The van der Waals surface area contributed by atoms with Gasteiger partial charge in [-0.3, -0.25) is 0 Å². The van der Waals surface area contributed by atoms with E-state index in [2.05, 4.69) is 5.32 Å². The van der Waals surface area contributed by atoms with E-state index < -0.39 is 0 Å². The van der Waals surface area contributed by atoms with Crippen LogP contribution < -0.4 is 5.32 Å². The summed E-state index contributed by atoms with van der Waals surface area (Å²) in [6.07, 6.45) is 2.65. The van der Waals surface area contributed by atoms with Crippen LogP contribution in [0.2, 0.25) is 0 Å². The highest BCUT2D eigenvalue weighted by Crippen LogP contribution is 2.51. The Bertz CT molecular complexity index is 468. The van der Waals surface area contributed by atoms with E-state index in [1.54, 1.807) is 0 Å². The highest BCUT2D eigenvalue weighted by molar-refractivity contribution is 7.99. The van der Waals surface area contributed by atoms with Crippen molar-refractivity contribution in [3.8, 4) is 0 Å². The predicted octanol–water partition coefficient (Wildman–Crippen LogP) is 2.77. The number of fused-ring (bicyclic) bond motifs is 1. The van der Waals surface area contributed by atoms with E-state index in [0.717, 1.165) is 12.2 Å². The van der Waals surface area contributed by atoms with Gasteiger partial charge in [-0.25, -0.2) is 4.79 Å². The number of nitrogens with one attached hydrogen (secondary N) is 1. The van der Waals surface area contributed by atoms with Crippen LogP contribution in [0.1, 0.15) is 23.2 Å². The van der Waals surface area contributed by atoms with Crippen LogP contribution >= 0.6 is 11.8 Å². The quantitative estimate of drug-likeness (QED) is 0.777. The molecule has 3 rings (SSSR count). The summed E-state index contributed by atoms with van der Waals surface area (Å²) >= 11 is 1.89. The number of methoxy groups -OCH3 is 1. The molecule has 1 saturated carbocycles. The predicted molar refractivity (Wildman–Crippen MR) is 68.7 cm³/mol. The number of rotatable bonds is 1. The average Bonchev–Trinajstić information content (AvgIpc) is 3.16. The van der Waals surface area contributed by atoms with Crippen molar-refractivity contribution in [2.24, 2.45) is 5.41 Å². The van der Waals surface area contributed by atoms with Gasteiger partial charge in [-0.15, -0.1) is 11.8 Å². The monoisotopic (exact) mass is 249 g/mol. The summed E-state index contributed by atoms with van der Waals surface area (Å²) in [7, 11) is 1.41. The molecule has 1 aliphatic heterocycles. The van der Waals surface area contributed by atoms with Gasteiger partial charge in [0.25, 0.3) is 0 Å². The number of carbonyl (C=O) groups is 1. The molecule has 1 heterocycles. The Morgan fingerprint density at radius 3 is 3.00 bits per heavy atom. The van der Waals surface area contributed by atoms with E-state index in [0.29, 0.717) is 11.0 Å². The van der Waals surface area contributed by atoms with Gasteiger partial charge >= 0.3 is 5.97 Å². The molecule has 1 fully saturated rings. The minimum atomic E-state index is -0.273. The topological polar surface area (TPSA) is 38.3 Å². The molecule has 0 aromatic heterocycles. The standard InChI is InChI=1S/C13H15NO2S/c1-16-12(15)9-2-3-11-10(6-9)14-7-13(4-5-13)8-17-11/h2-3,6,14H,4-5,7-8H2,1H3. The molecule has 0 bridgehead atoms. The Morgan fingerprint density at radius 2 is 2.29 bits per heavy atom. The van der Waals surface area contributed by atoms with Crippen LogP contribution in [0.4, 0.5) is 5.69 Å². The van der Waals surface area contributed by atoms with Crippen molar-refractivity contribution in [3.63, 3.8) is 0 Å². The molecule has 1 spiro atoms. The number of carbonyl (C=O) groups excluding carboxylic acids is 1. The van der Waals surface area contributed by atoms with Gasteiger partial charge in [0.2, 0.25) is 0 Å². The summed E-state index contributed by atoms with van der Waals surface area (Å²) < 4.78 is 4.74. The fourth-order valence-electron chi connectivity index (χ4n) is 2.10. The Kier molecular flexibility index (Phi) is 2.54. The van der Waals surface area contributed by atoms with Gasteiger partial charge in [0.05, 0.1) is 12.7 Å². The Hall–Kier alpha value is -1.16. The van der Waals surface area contributed by atoms with E-state index in [9.17, 15) is 4.79 Å². The zero-order valence-corrected chi connectivity index (χ0v) is 10.6. The molecular formula is C13H15NO2S. The molecule has 1 aromatic rings. The van der Waals surface area contributed by atoms with Gasteiger partial charge in [0.1, 0.15) is 0 Å². The third-order valence-electron chi connectivity index (χ3n) is 3.55. The van der Waals surface area contributed by atoms with E-state index in [1.807, 2.05) is 30.0 Å². The fourth-order valence-corrected chi connectivity index (χ4v) is 3.40. The minimum absolute atomic E-state index is 0.273. The first-order valence-electron chi connectivity index (χ1n) is 5.82. The number of ether oxygens (including phenoxy) is 1. The SMILES string of the molecule is COC(=O)c1ccc2c(c1)NCC1(CC1)CS2. The van der Waals surface area contributed by atoms with Crippen molar-refractivity contribution in [3.05, 3.63) is 23.8 Å². The van der Waals surface area contributed by atoms with Crippen molar-refractivity contribution in [2.45, 2.75) is 17.7 Å². The van der Waals surface area contributed by atoms with Crippen LogP contribution in [0.25, 0.3) is 0 Å². The number of hydrogen-bond acceptors (Lipinski definition) is 4. The maximum absolute atomic E-state index is 11.5. The lowest BCUT2D eigenvalue weighted by Gasteiger charge is -2.10. The average molecular weight is 249 g/mol. The Morgan fingerprint density at radius 1 is 1.47 bits per heavy atom. The number of anilines is 1. The molecule has 1 aliphatic carbocycles. The molecule has 3 nitrogen and oxygen atoms in total. The first-order valence-corrected chi connectivity index (χ1v) is 6.80. The molecule has 1 aromatic carbocycles. The van der Waals surface area contributed by atoms with Crippen LogP contribution in [0.15, 0.2) is 23.1 Å². The molecule has 0 unspecified atom stereocenters. The molecule has 1 N–H and O–H groups in total. The zero-order valence-electron chi connectivity index (χ0n) is 9.79. The van der Waals surface area contributed by atoms with E-state index in [1.165, 1.54) is 30.6 Å². The highest BCUT2D eigenvalue weighted by atomic mass is 32.2. The molecule has 0 radical (unpaired) electrons. The molecular weight excluding hydrogens is 234 g/mol. The lowest BCUT2D eigenvalue weighted by Crippen LogP contribution is -2.15. The van der Waals surface area contributed by atoms with Gasteiger partial charge in [-0.2, -0.15) is 0 Å². The summed E-state index contributed by atoms with van der Waals surface area (Å²) in [5.74, 6) is 0.912. The lowest BCUT2D eigenvalue weighted by atomic mass is 10.1.